The molecule has 0 bridgehead atoms. The minimum Gasteiger partial charge on any atom is -0.208 e. The van der Waals surface area contributed by atoms with Gasteiger partial charge in [0.1, 0.15) is 0 Å². The van der Waals surface area contributed by atoms with Crippen molar-refractivity contribution < 1.29 is 0 Å². The number of aromatic nitrogens is 3. The zero-order chi connectivity index (χ0) is 37.4. The molecule has 0 atom stereocenters. The molecule has 9 aromatic carbocycles. The average Bonchev–Trinajstić information content (AvgIpc) is 3.29. The number of hydrogen-bond donors (Lipinski definition) is 0. The molecule has 0 radical (unpaired) electrons. The van der Waals surface area contributed by atoms with E-state index in [4.69, 9.17) is 15.0 Å². The van der Waals surface area contributed by atoms with Crippen LogP contribution in [-0.4, -0.2) is 15.0 Å². The predicted octanol–water partition coefficient (Wildman–Crippen LogP) is 13.2. The lowest BCUT2D eigenvalue weighted by Gasteiger charge is -2.16. The van der Waals surface area contributed by atoms with E-state index in [2.05, 4.69) is 140 Å². The van der Waals surface area contributed by atoms with E-state index < -0.39 is 0 Å². The molecular formula is C52H32N4. The summed E-state index contributed by atoms with van der Waals surface area (Å²) in [6, 6.07) is 69.5. The zero-order valence-electron chi connectivity index (χ0n) is 30.3. The Balaban J connectivity index is 1.15. The Labute approximate surface area is 324 Å². The van der Waals surface area contributed by atoms with Crippen LogP contribution in [0.15, 0.2) is 194 Å². The molecule has 0 aliphatic heterocycles. The molecule has 10 rings (SSSR count). The maximum atomic E-state index is 9.44. The molecule has 0 saturated heterocycles. The molecule has 0 unspecified atom stereocenters. The Hall–Kier alpha value is -7.74. The zero-order valence-corrected chi connectivity index (χ0v) is 30.3. The van der Waals surface area contributed by atoms with E-state index in [9.17, 15) is 5.26 Å². The SMILES string of the molecule is N#Cc1ccc(-c2cc3c4ccccc4c(-c4cccc(-c5nc(-c6ccccc6)nc(-c6cccc(-c7ccccc7)c6)n5)c4)cc3c3ccccc23)cc1. The Morgan fingerprint density at radius 1 is 0.286 bits per heavy atom. The van der Waals surface area contributed by atoms with E-state index in [1.54, 1.807) is 0 Å². The molecule has 0 amide bonds. The Morgan fingerprint density at radius 2 is 0.696 bits per heavy atom. The molecule has 0 spiro atoms. The van der Waals surface area contributed by atoms with Crippen molar-refractivity contribution in [3.05, 3.63) is 200 Å². The number of benzene rings is 9. The van der Waals surface area contributed by atoms with Crippen molar-refractivity contribution in [2.24, 2.45) is 0 Å². The lowest BCUT2D eigenvalue weighted by Crippen LogP contribution is -2.00. The number of hydrogen-bond acceptors (Lipinski definition) is 4. The van der Waals surface area contributed by atoms with Gasteiger partial charge in [0.15, 0.2) is 17.5 Å². The fourth-order valence-corrected chi connectivity index (χ4v) is 7.80. The van der Waals surface area contributed by atoms with Gasteiger partial charge in [-0.3, -0.25) is 0 Å². The highest BCUT2D eigenvalue weighted by molar-refractivity contribution is 6.23. The summed E-state index contributed by atoms with van der Waals surface area (Å²) >= 11 is 0. The quantitative estimate of drug-likeness (QED) is 0.161. The molecule has 10 aromatic rings. The molecule has 0 aliphatic rings. The first-order valence-electron chi connectivity index (χ1n) is 18.7. The molecular weight excluding hydrogens is 681 g/mol. The molecule has 1 heterocycles. The smallest absolute Gasteiger partial charge is 0.164 e. The maximum Gasteiger partial charge on any atom is 0.164 e. The number of fused-ring (bicyclic) bond motifs is 5. The molecule has 56 heavy (non-hydrogen) atoms. The lowest BCUT2D eigenvalue weighted by molar-refractivity contribution is 1.07. The van der Waals surface area contributed by atoms with Crippen LogP contribution in [0.5, 0.6) is 0 Å². The van der Waals surface area contributed by atoms with Gasteiger partial charge in [-0.15, -0.1) is 0 Å². The van der Waals surface area contributed by atoms with Crippen molar-refractivity contribution in [1.82, 2.24) is 15.0 Å². The Kier molecular flexibility index (Phi) is 8.17. The summed E-state index contributed by atoms with van der Waals surface area (Å²) in [5, 5.41) is 16.5. The summed E-state index contributed by atoms with van der Waals surface area (Å²) in [5.41, 5.74) is 10.1. The van der Waals surface area contributed by atoms with E-state index in [-0.39, 0.29) is 0 Å². The van der Waals surface area contributed by atoms with E-state index in [1.165, 1.54) is 26.9 Å². The summed E-state index contributed by atoms with van der Waals surface area (Å²) in [4.78, 5) is 15.2. The van der Waals surface area contributed by atoms with Gasteiger partial charge < -0.3 is 0 Å². The average molecular weight is 713 g/mol. The van der Waals surface area contributed by atoms with E-state index in [0.717, 1.165) is 55.5 Å². The Bertz CT molecular complexity index is 3130. The molecule has 0 aliphatic carbocycles. The van der Waals surface area contributed by atoms with E-state index in [1.807, 2.05) is 60.7 Å². The first-order valence-corrected chi connectivity index (χ1v) is 18.7. The number of nitriles is 1. The largest absolute Gasteiger partial charge is 0.208 e. The van der Waals surface area contributed by atoms with Crippen LogP contribution in [0.1, 0.15) is 5.56 Å². The highest BCUT2D eigenvalue weighted by Gasteiger charge is 2.17. The van der Waals surface area contributed by atoms with Crippen molar-refractivity contribution in [2.45, 2.75) is 0 Å². The van der Waals surface area contributed by atoms with Crippen LogP contribution in [0.25, 0.3) is 99.9 Å². The van der Waals surface area contributed by atoms with Crippen molar-refractivity contribution in [3.63, 3.8) is 0 Å². The molecule has 1 aromatic heterocycles. The van der Waals surface area contributed by atoms with Gasteiger partial charge in [0, 0.05) is 16.7 Å². The minimum absolute atomic E-state index is 0.614. The van der Waals surface area contributed by atoms with Gasteiger partial charge in [0.05, 0.1) is 11.6 Å². The van der Waals surface area contributed by atoms with Crippen LogP contribution in [-0.2, 0) is 0 Å². The Morgan fingerprint density at radius 3 is 1.25 bits per heavy atom. The summed E-state index contributed by atoms with van der Waals surface area (Å²) in [5.74, 6) is 1.86. The first kappa shape index (κ1) is 32.9. The molecule has 0 saturated carbocycles. The van der Waals surface area contributed by atoms with Crippen molar-refractivity contribution >= 4 is 32.3 Å². The number of rotatable bonds is 6. The van der Waals surface area contributed by atoms with Crippen LogP contribution in [0, 0.1) is 11.3 Å². The van der Waals surface area contributed by atoms with Gasteiger partial charge in [0.2, 0.25) is 0 Å². The van der Waals surface area contributed by atoms with Gasteiger partial charge >= 0.3 is 0 Å². The summed E-state index contributed by atoms with van der Waals surface area (Å²) in [7, 11) is 0. The van der Waals surface area contributed by atoms with Gasteiger partial charge in [0.25, 0.3) is 0 Å². The lowest BCUT2D eigenvalue weighted by atomic mass is 9.87. The predicted molar refractivity (Wildman–Crippen MR) is 230 cm³/mol. The second kappa shape index (κ2) is 13.9. The third-order valence-electron chi connectivity index (χ3n) is 10.5. The fourth-order valence-electron chi connectivity index (χ4n) is 7.80. The normalized spacial score (nSPS) is 11.2. The molecule has 0 N–H and O–H groups in total. The highest BCUT2D eigenvalue weighted by atomic mass is 15.0. The van der Waals surface area contributed by atoms with Crippen LogP contribution in [0.2, 0.25) is 0 Å². The van der Waals surface area contributed by atoms with Crippen LogP contribution in [0.4, 0.5) is 0 Å². The molecule has 260 valence electrons. The van der Waals surface area contributed by atoms with Crippen molar-refractivity contribution in [1.29, 1.82) is 5.26 Å². The second-order valence-corrected chi connectivity index (χ2v) is 13.9. The summed E-state index contributed by atoms with van der Waals surface area (Å²) in [6.45, 7) is 0. The molecule has 4 nitrogen and oxygen atoms in total. The summed E-state index contributed by atoms with van der Waals surface area (Å²) < 4.78 is 0. The van der Waals surface area contributed by atoms with E-state index >= 15 is 0 Å². The standard InChI is InChI=1S/C52H32N4/c53-33-34-25-27-36(28-26-34)46-31-48-45-24-10-8-22-43(45)47(32-49(48)44-23-9-7-21-42(44)46)39-18-12-20-41(30-39)52-55-50(37-15-5-2-6-16-37)54-51(56-52)40-19-11-17-38(29-40)35-13-3-1-4-14-35/h1-32H. The fraction of sp³-hybridized carbons (Fsp3) is 0. The maximum absolute atomic E-state index is 9.44. The van der Waals surface area contributed by atoms with Gasteiger partial charge in [-0.1, -0.05) is 158 Å². The van der Waals surface area contributed by atoms with Crippen LogP contribution < -0.4 is 0 Å². The third kappa shape index (κ3) is 5.94. The minimum atomic E-state index is 0.614. The van der Waals surface area contributed by atoms with Crippen LogP contribution >= 0.6 is 0 Å². The first-order chi connectivity index (χ1) is 27.7. The highest BCUT2D eigenvalue weighted by Crippen LogP contribution is 2.42. The van der Waals surface area contributed by atoms with Crippen molar-refractivity contribution in [2.75, 3.05) is 0 Å². The second-order valence-electron chi connectivity index (χ2n) is 13.9. The van der Waals surface area contributed by atoms with Gasteiger partial charge in [-0.25, -0.2) is 15.0 Å². The van der Waals surface area contributed by atoms with Crippen LogP contribution in [0.3, 0.4) is 0 Å². The van der Waals surface area contributed by atoms with Crippen molar-refractivity contribution in [3.8, 4) is 73.6 Å². The third-order valence-corrected chi connectivity index (χ3v) is 10.5. The topological polar surface area (TPSA) is 62.5 Å². The van der Waals surface area contributed by atoms with Gasteiger partial charge in [-0.05, 0) is 102 Å². The monoisotopic (exact) mass is 712 g/mol. The van der Waals surface area contributed by atoms with E-state index in [0.29, 0.717) is 23.0 Å². The number of nitrogens with zero attached hydrogens (tertiary/aromatic N) is 4. The van der Waals surface area contributed by atoms with Gasteiger partial charge in [-0.2, -0.15) is 5.26 Å². The molecule has 4 heteroatoms. The molecule has 0 fully saturated rings. The summed E-state index contributed by atoms with van der Waals surface area (Å²) in [6.07, 6.45) is 0.